The molecule has 120 valence electrons. The van der Waals surface area contributed by atoms with Crippen LogP contribution in [0.15, 0.2) is 30.5 Å². The molecule has 0 radical (unpaired) electrons. The molecule has 0 spiro atoms. The van der Waals surface area contributed by atoms with Gasteiger partial charge in [0.05, 0.1) is 18.4 Å². The Kier molecular flexibility index (Phi) is 3.95. The summed E-state index contributed by atoms with van der Waals surface area (Å²) in [7, 11) is 0. The maximum atomic E-state index is 6.01. The first-order valence-electron chi connectivity index (χ1n) is 8.40. The average Bonchev–Trinajstić information content (AvgIpc) is 3.32. The van der Waals surface area contributed by atoms with Gasteiger partial charge in [-0.15, -0.1) is 0 Å². The van der Waals surface area contributed by atoms with E-state index in [9.17, 15) is 0 Å². The van der Waals surface area contributed by atoms with Gasteiger partial charge in [0.1, 0.15) is 11.6 Å². The lowest BCUT2D eigenvalue weighted by molar-refractivity contribution is 0.0533. The van der Waals surface area contributed by atoms with Crippen molar-refractivity contribution in [3.63, 3.8) is 0 Å². The summed E-state index contributed by atoms with van der Waals surface area (Å²) >= 11 is 0. The number of pyridine rings is 1. The molecule has 1 aliphatic heterocycles. The molecule has 2 aliphatic rings. The fraction of sp³-hybridized carbons (Fsp3) is 0.500. The second-order valence-electron chi connectivity index (χ2n) is 6.49. The molecule has 1 atom stereocenters. The number of aromatic nitrogens is 3. The van der Waals surface area contributed by atoms with Crippen LogP contribution in [0.1, 0.15) is 42.4 Å². The van der Waals surface area contributed by atoms with Crippen LogP contribution in [0.25, 0.3) is 0 Å². The molecular weight excluding hydrogens is 288 g/mol. The molecule has 0 bridgehead atoms. The third-order valence-corrected chi connectivity index (χ3v) is 4.46. The third kappa shape index (κ3) is 3.50. The Morgan fingerprint density at radius 3 is 2.91 bits per heavy atom. The molecule has 4 rings (SSSR count). The van der Waals surface area contributed by atoms with Gasteiger partial charge in [0.2, 0.25) is 0 Å². The van der Waals surface area contributed by atoms with Crippen LogP contribution in [0.5, 0.6) is 0 Å². The normalized spacial score (nSPS) is 20.9. The summed E-state index contributed by atoms with van der Waals surface area (Å²) in [6.45, 7) is 4.53. The predicted octanol–water partition coefficient (Wildman–Crippen LogP) is 2.85. The van der Waals surface area contributed by atoms with Crippen molar-refractivity contribution < 1.29 is 4.74 Å². The van der Waals surface area contributed by atoms with Crippen molar-refractivity contribution >= 4 is 5.82 Å². The van der Waals surface area contributed by atoms with Crippen molar-refractivity contribution in [3.05, 3.63) is 47.7 Å². The van der Waals surface area contributed by atoms with Gasteiger partial charge in [-0.2, -0.15) is 0 Å². The number of aryl methyl sites for hydroxylation is 1. The number of ether oxygens (including phenoxy) is 1. The van der Waals surface area contributed by atoms with Crippen LogP contribution < -0.4 is 4.90 Å². The fourth-order valence-electron chi connectivity index (χ4n) is 3.02. The summed E-state index contributed by atoms with van der Waals surface area (Å²) in [5, 5.41) is 0. The van der Waals surface area contributed by atoms with E-state index in [0.717, 1.165) is 42.5 Å². The second-order valence-corrected chi connectivity index (χ2v) is 6.49. The molecule has 5 nitrogen and oxygen atoms in total. The average molecular weight is 310 g/mol. The highest BCUT2D eigenvalue weighted by atomic mass is 16.5. The Bertz CT molecular complexity index is 672. The Labute approximate surface area is 136 Å². The monoisotopic (exact) mass is 310 g/mol. The van der Waals surface area contributed by atoms with E-state index < -0.39 is 0 Å². The van der Waals surface area contributed by atoms with Gasteiger partial charge < -0.3 is 9.64 Å². The molecular formula is C18H22N4O. The molecule has 0 aromatic carbocycles. The van der Waals surface area contributed by atoms with Crippen molar-refractivity contribution in [1.29, 1.82) is 0 Å². The zero-order valence-corrected chi connectivity index (χ0v) is 13.5. The maximum Gasteiger partial charge on any atom is 0.134 e. The quantitative estimate of drug-likeness (QED) is 0.850. The number of rotatable bonds is 5. The maximum absolute atomic E-state index is 6.01. The third-order valence-electron chi connectivity index (χ3n) is 4.46. The first kappa shape index (κ1) is 14.6. The van der Waals surface area contributed by atoms with Crippen LogP contribution in [-0.2, 0) is 11.3 Å². The summed E-state index contributed by atoms with van der Waals surface area (Å²) in [6, 6.07) is 8.01. The second kappa shape index (κ2) is 6.24. The first-order valence-corrected chi connectivity index (χ1v) is 8.40. The van der Waals surface area contributed by atoms with Crippen LogP contribution in [-0.4, -0.2) is 34.1 Å². The molecule has 3 heterocycles. The van der Waals surface area contributed by atoms with Crippen molar-refractivity contribution in [2.75, 3.05) is 18.0 Å². The van der Waals surface area contributed by atoms with Gasteiger partial charge >= 0.3 is 0 Å². The Morgan fingerprint density at radius 2 is 2.13 bits per heavy atom. The number of anilines is 1. The Morgan fingerprint density at radius 1 is 1.22 bits per heavy atom. The summed E-state index contributed by atoms with van der Waals surface area (Å²) in [5.74, 6) is 2.67. The number of hydrogen-bond donors (Lipinski definition) is 0. The van der Waals surface area contributed by atoms with E-state index in [0.29, 0.717) is 12.5 Å². The van der Waals surface area contributed by atoms with E-state index in [-0.39, 0.29) is 6.10 Å². The summed E-state index contributed by atoms with van der Waals surface area (Å²) in [5.41, 5.74) is 2.05. The minimum atomic E-state index is 0.247. The van der Waals surface area contributed by atoms with Crippen LogP contribution >= 0.6 is 0 Å². The van der Waals surface area contributed by atoms with Crippen molar-refractivity contribution in [1.82, 2.24) is 15.0 Å². The zero-order chi connectivity index (χ0) is 15.6. The van der Waals surface area contributed by atoms with Gasteiger partial charge in [-0.3, -0.25) is 4.98 Å². The molecule has 2 aromatic rings. The van der Waals surface area contributed by atoms with Crippen LogP contribution in [0.2, 0.25) is 0 Å². The van der Waals surface area contributed by atoms with Crippen LogP contribution in [0, 0.1) is 6.92 Å². The fourth-order valence-corrected chi connectivity index (χ4v) is 3.02. The highest BCUT2D eigenvalue weighted by Crippen LogP contribution is 2.38. The lowest BCUT2D eigenvalue weighted by Gasteiger charge is -2.18. The van der Waals surface area contributed by atoms with Crippen molar-refractivity contribution in [2.45, 2.75) is 44.8 Å². The van der Waals surface area contributed by atoms with E-state index in [2.05, 4.69) is 27.9 Å². The lowest BCUT2D eigenvalue weighted by Crippen LogP contribution is -2.24. The molecule has 5 heteroatoms. The van der Waals surface area contributed by atoms with Crippen LogP contribution in [0.4, 0.5) is 5.82 Å². The lowest BCUT2D eigenvalue weighted by atomic mass is 10.3. The van der Waals surface area contributed by atoms with Crippen molar-refractivity contribution in [3.8, 4) is 0 Å². The van der Waals surface area contributed by atoms with Gasteiger partial charge in [-0.1, -0.05) is 6.07 Å². The van der Waals surface area contributed by atoms with E-state index in [1.807, 2.05) is 24.4 Å². The molecule has 0 N–H and O–H groups in total. The minimum Gasteiger partial charge on any atom is -0.370 e. The predicted molar refractivity (Wildman–Crippen MR) is 88.4 cm³/mol. The van der Waals surface area contributed by atoms with E-state index in [4.69, 9.17) is 9.72 Å². The van der Waals surface area contributed by atoms with E-state index in [1.54, 1.807) is 0 Å². The first-order chi connectivity index (χ1) is 11.3. The van der Waals surface area contributed by atoms with Gasteiger partial charge in [-0.05, 0) is 38.3 Å². The highest BCUT2D eigenvalue weighted by Gasteiger charge is 2.29. The van der Waals surface area contributed by atoms with Crippen LogP contribution in [0.3, 0.4) is 0 Å². The molecule has 2 fully saturated rings. The largest absolute Gasteiger partial charge is 0.370 e. The van der Waals surface area contributed by atoms with E-state index in [1.165, 1.54) is 12.8 Å². The molecule has 0 unspecified atom stereocenters. The smallest absolute Gasteiger partial charge is 0.134 e. The van der Waals surface area contributed by atoms with Gasteiger partial charge in [0.15, 0.2) is 0 Å². The molecule has 1 saturated carbocycles. The summed E-state index contributed by atoms with van der Waals surface area (Å²) < 4.78 is 6.01. The Balaban J connectivity index is 1.38. The number of nitrogens with zero attached hydrogens (tertiary/aromatic N) is 4. The topological polar surface area (TPSA) is 51.1 Å². The minimum absolute atomic E-state index is 0.247. The molecule has 23 heavy (non-hydrogen) atoms. The molecule has 1 aliphatic carbocycles. The molecule has 2 aromatic heterocycles. The molecule has 0 amide bonds. The number of hydrogen-bond acceptors (Lipinski definition) is 5. The van der Waals surface area contributed by atoms with Gasteiger partial charge in [0, 0.05) is 37.0 Å². The Hall–Kier alpha value is -2.01. The molecule has 1 saturated heterocycles. The SMILES string of the molecule is Cc1cc(N2CC[C@H](OCc3ccccn3)C2)nc(C2CC2)n1. The highest BCUT2D eigenvalue weighted by molar-refractivity contribution is 5.41. The van der Waals surface area contributed by atoms with Gasteiger partial charge in [0.25, 0.3) is 0 Å². The van der Waals surface area contributed by atoms with E-state index >= 15 is 0 Å². The standard InChI is InChI=1S/C18H22N4O/c1-13-10-17(21-18(20-13)14-5-6-14)22-9-7-16(11-22)23-12-15-4-2-3-8-19-15/h2-4,8,10,14,16H,5-7,9,11-12H2,1H3/t16-/m0/s1. The van der Waals surface area contributed by atoms with Gasteiger partial charge in [-0.25, -0.2) is 9.97 Å². The summed E-state index contributed by atoms with van der Waals surface area (Å²) in [4.78, 5) is 16.0. The summed E-state index contributed by atoms with van der Waals surface area (Å²) in [6.07, 6.45) is 5.56. The zero-order valence-electron chi connectivity index (χ0n) is 13.5. The van der Waals surface area contributed by atoms with Crippen molar-refractivity contribution in [2.24, 2.45) is 0 Å².